The molecule has 4 rings (SSSR count). The molecule has 0 aromatic heterocycles. The highest BCUT2D eigenvalue weighted by Gasteiger charge is 2.29. The summed E-state index contributed by atoms with van der Waals surface area (Å²) in [5.74, 6) is 0.419. The van der Waals surface area contributed by atoms with Crippen LogP contribution in [0.3, 0.4) is 0 Å². The number of ether oxygens (including phenoxy) is 1. The first kappa shape index (κ1) is 28.4. The Hall–Kier alpha value is -2.58. The molecule has 6 nitrogen and oxygen atoms in total. The summed E-state index contributed by atoms with van der Waals surface area (Å²) >= 11 is 12.6. The van der Waals surface area contributed by atoms with E-state index in [-0.39, 0.29) is 20.5 Å². The molecule has 1 heterocycles. The molecular weight excluding hydrogens is 543 g/mol. The second kappa shape index (κ2) is 13.0. The monoisotopic (exact) mass is 574 g/mol. The number of piperidine rings is 1. The van der Waals surface area contributed by atoms with Gasteiger partial charge in [-0.2, -0.15) is 4.31 Å². The van der Waals surface area contributed by atoms with Gasteiger partial charge in [0, 0.05) is 24.3 Å². The predicted octanol–water partition coefficient (Wildman–Crippen LogP) is 7.07. The van der Waals surface area contributed by atoms with E-state index >= 15 is 0 Å². The maximum Gasteiger partial charge on any atom is 0.255 e. The third-order valence-corrected chi connectivity index (χ3v) is 9.17. The molecule has 0 atom stereocenters. The summed E-state index contributed by atoms with van der Waals surface area (Å²) < 4.78 is 33.6. The summed E-state index contributed by atoms with van der Waals surface area (Å²) in [4.78, 5) is 13.0. The van der Waals surface area contributed by atoms with Gasteiger partial charge in [-0.15, -0.1) is 0 Å². The average molecular weight is 576 g/mol. The van der Waals surface area contributed by atoms with Crippen LogP contribution in [0.4, 0.5) is 5.69 Å². The van der Waals surface area contributed by atoms with Gasteiger partial charge in [0.25, 0.3) is 5.91 Å². The Labute approximate surface area is 235 Å². The fraction of sp³-hybridized carbons (Fsp3) is 0.345. The Morgan fingerprint density at radius 3 is 2.24 bits per heavy atom. The van der Waals surface area contributed by atoms with Crippen molar-refractivity contribution in [2.45, 2.75) is 43.9 Å². The van der Waals surface area contributed by atoms with Gasteiger partial charge in [-0.25, -0.2) is 8.42 Å². The number of nitrogens with one attached hydrogen (secondary N) is 1. The number of anilines is 1. The van der Waals surface area contributed by atoms with Gasteiger partial charge in [0.05, 0.1) is 21.5 Å². The van der Waals surface area contributed by atoms with Gasteiger partial charge in [0.2, 0.25) is 10.0 Å². The maximum absolute atomic E-state index is 13.2. The molecule has 202 valence electrons. The third-order valence-electron chi connectivity index (χ3n) is 6.70. The molecule has 1 aliphatic heterocycles. The number of rotatable bonds is 10. The third kappa shape index (κ3) is 7.08. The van der Waals surface area contributed by atoms with Crippen molar-refractivity contribution >= 4 is 44.8 Å². The number of carbonyl (C=O) groups is 1. The second-order valence-corrected chi connectivity index (χ2v) is 12.2. The van der Waals surface area contributed by atoms with Crippen LogP contribution in [0.1, 0.15) is 48.5 Å². The Kier molecular flexibility index (Phi) is 9.71. The lowest BCUT2D eigenvalue weighted by molar-refractivity contribution is 0.102. The molecule has 1 aliphatic rings. The number of hydrogen-bond donors (Lipinski definition) is 1. The van der Waals surface area contributed by atoms with Crippen LogP contribution in [-0.2, 0) is 16.4 Å². The smallest absolute Gasteiger partial charge is 0.255 e. The van der Waals surface area contributed by atoms with Crippen LogP contribution < -0.4 is 10.1 Å². The topological polar surface area (TPSA) is 75.7 Å². The van der Waals surface area contributed by atoms with E-state index in [1.807, 2.05) is 18.2 Å². The Morgan fingerprint density at radius 2 is 1.63 bits per heavy atom. The lowest BCUT2D eigenvalue weighted by atomic mass is 9.91. The summed E-state index contributed by atoms with van der Waals surface area (Å²) in [5, 5.41) is 3.28. The van der Waals surface area contributed by atoms with Crippen LogP contribution in [0.15, 0.2) is 71.6 Å². The van der Waals surface area contributed by atoms with E-state index in [9.17, 15) is 13.2 Å². The van der Waals surface area contributed by atoms with E-state index in [2.05, 4.69) is 24.4 Å². The number of halogens is 2. The molecule has 0 unspecified atom stereocenters. The van der Waals surface area contributed by atoms with Crippen molar-refractivity contribution < 1.29 is 17.9 Å². The zero-order valence-corrected chi connectivity index (χ0v) is 23.7. The van der Waals surface area contributed by atoms with Crippen LogP contribution in [0.2, 0.25) is 10.0 Å². The minimum absolute atomic E-state index is 0.205. The van der Waals surface area contributed by atoms with E-state index in [1.165, 1.54) is 29.8 Å². The standard InChI is InChI=1S/C29H32Cl2N2O4S/c1-2-3-17-37-28-26(30)19-23(20-27(28)31)29(34)32-24-9-11-25(12-10-24)38(35,36)33-15-13-22(14-16-33)18-21-7-5-4-6-8-21/h4-12,19-20,22H,2-3,13-18H2,1H3,(H,32,34). The maximum atomic E-state index is 13.2. The Bertz CT molecular complexity index is 1320. The SMILES string of the molecule is CCCCOc1c(Cl)cc(C(=O)Nc2ccc(S(=O)(=O)N3CCC(Cc4ccccc4)CC3)cc2)cc1Cl. The number of carbonyl (C=O) groups excluding carboxylic acids is 1. The van der Waals surface area contributed by atoms with Crippen molar-refractivity contribution in [3.8, 4) is 5.75 Å². The Morgan fingerprint density at radius 1 is 1.00 bits per heavy atom. The molecule has 1 amide bonds. The van der Waals surface area contributed by atoms with E-state index < -0.39 is 15.9 Å². The molecule has 1 fully saturated rings. The molecule has 0 radical (unpaired) electrons. The van der Waals surface area contributed by atoms with Gasteiger partial charge >= 0.3 is 0 Å². The van der Waals surface area contributed by atoms with Crippen LogP contribution in [0.5, 0.6) is 5.75 Å². The molecular formula is C29H32Cl2N2O4S. The van der Waals surface area contributed by atoms with Gasteiger partial charge in [0.1, 0.15) is 0 Å². The first-order valence-electron chi connectivity index (χ1n) is 12.8. The van der Waals surface area contributed by atoms with Crippen LogP contribution in [0, 0.1) is 5.92 Å². The summed E-state index contributed by atoms with van der Waals surface area (Å²) in [6, 6.07) is 19.5. The minimum atomic E-state index is -3.61. The number of sulfonamides is 1. The first-order chi connectivity index (χ1) is 18.3. The minimum Gasteiger partial charge on any atom is -0.490 e. The number of benzene rings is 3. The highest BCUT2D eigenvalue weighted by Crippen LogP contribution is 2.35. The highest BCUT2D eigenvalue weighted by atomic mass is 35.5. The quantitative estimate of drug-likeness (QED) is 0.263. The van der Waals surface area contributed by atoms with E-state index in [0.29, 0.717) is 37.1 Å². The summed E-state index contributed by atoms with van der Waals surface area (Å²) in [6.07, 6.45) is 4.47. The number of nitrogens with zero attached hydrogens (tertiary/aromatic N) is 1. The average Bonchev–Trinajstić information content (AvgIpc) is 2.91. The number of amides is 1. The van der Waals surface area contributed by atoms with Gasteiger partial charge in [-0.3, -0.25) is 4.79 Å². The fourth-order valence-corrected chi connectivity index (χ4v) is 6.58. The van der Waals surface area contributed by atoms with Gasteiger partial charge in [-0.05, 0) is 73.6 Å². The highest BCUT2D eigenvalue weighted by molar-refractivity contribution is 7.89. The molecule has 1 N–H and O–H groups in total. The van der Waals surface area contributed by atoms with Crippen LogP contribution in [0.25, 0.3) is 0 Å². The van der Waals surface area contributed by atoms with Gasteiger partial charge in [-0.1, -0.05) is 66.9 Å². The zero-order chi connectivity index (χ0) is 27.1. The molecule has 0 saturated carbocycles. The lowest BCUT2D eigenvalue weighted by Gasteiger charge is -2.31. The molecule has 0 aliphatic carbocycles. The molecule has 9 heteroatoms. The van der Waals surface area contributed by atoms with Crippen molar-refractivity contribution in [3.05, 3.63) is 87.9 Å². The lowest BCUT2D eigenvalue weighted by Crippen LogP contribution is -2.38. The first-order valence-corrected chi connectivity index (χ1v) is 15.0. The van der Waals surface area contributed by atoms with E-state index in [4.69, 9.17) is 27.9 Å². The van der Waals surface area contributed by atoms with Crippen molar-refractivity contribution in [1.82, 2.24) is 4.31 Å². The van der Waals surface area contributed by atoms with Crippen molar-refractivity contribution in [2.75, 3.05) is 25.0 Å². The Balaban J connectivity index is 1.35. The molecule has 0 spiro atoms. The zero-order valence-electron chi connectivity index (χ0n) is 21.3. The van der Waals surface area contributed by atoms with Gasteiger partial charge in [0.15, 0.2) is 5.75 Å². The molecule has 1 saturated heterocycles. The van der Waals surface area contributed by atoms with Crippen molar-refractivity contribution in [3.63, 3.8) is 0 Å². The molecule has 3 aromatic rings. The summed E-state index contributed by atoms with van der Waals surface area (Å²) in [5.41, 5.74) is 2.02. The number of hydrogen-bond acceptors (Lipinski definition) is 4. The largest absolute Gasteiger partial charge is 0.490 e. The predicted molar refractivity (Wildman–Crippen MR) is 153 cm³/mol. The molecule has 3 aromatic carbocycles. The summed E-state index contributed by atoms with van der Waals surface area (Å²) in [6.45, 7) is 3.54. The second-order valence-electron chi connectivity index (χ2n) is 9.49. The fourth-order valence-electron chi connectivity index (χ4n) is 4.51. The van der Waals surface area contributed by atoms with E-state index in [1.54, 1.807) is 16.4 Å². The normalized spacial score (nSPS) is 14.8. The molecule has 0 bridgehead atoms. The summed E-state index contributed by atoms with van der Waals surface area (Å²) in [7, 11) is -3.61. The number of unbranched alkanes of at least 4 members (excludes halogenated alkanes) is 1. The van der Waals surface area contributed by atoms with Crippen molar-refractivity contribution in [2.24, 2.45) is 5.92 Å². The van der Waals surface area contributed by atoms with Crippen molar-refractivity contribution in [1.29, 1.82) is 0 Å². The molecule has 38 heavy (non-hydrogen) atoms. The van der Waals surface area contributed by atoms with Crippen LogP contribution in [-0.4, -0.2) is 38.3 Å². The van der Waals surface area contributed by atoms with Crippen LogP contribution >= 0.6 is 23.2 Å². The van der Waals surface area contributed by atoms with Gasteiger partial charge < -0.3 is 10.1 Å². The van der Waals surface area contributed by atoms with E-state index in [0.717, 1.165) is 32.1 Å².